The Morgan fingerprint density at radius 1 is 1.26 bits per heavy atom. The van der Waals surface area contributed by atoms with Crippen molar-refractivity contribution in [1.29, 1.82) is 0 Å². The molecule has 1 amide bonds. The first-order chi connectivity index (χ1) is 11.3. The highest BCUT2D eigenvalue weighted by Crippen LogP contribution is 2.13. The van der Waals surface area contributed by atoms with Crippen LogP contribution >= 0.6 is 0 Å². The smallest absolute Gasteiger partial charge is 0.254 e. The van der Waals surface area contributed by atoms with Crippen molar-refractivity contribution >= 4 is 5.91 Å². The van der Waals surface area contributed by atoms with Gasteiger partial charge in [0.15, 0.2) is 0 Å². The number of amides is 1. The van der Waals surface area contributed by atoms with E-state index in [0.717, 1.165) is 38.4 Å². The molecule has 2 aromatic heterocycles. The zero-order valence-electron chi connectivity index (χ0n) is 13.2. The number of hydrogen-bond donors (Lipinski definition) is 1. The first kappa shape index (κ1) is 15.5. The van der Waals surface area contributed by atoms with Crippen LogP contribution in [0, 0.1) is 0 Å². The van der Waals surface area contributed by atoms with E-state index in [1.54, 1.807) is 31.6 Å². The van der Waals surface area contributed by atoms with Crippen LogP contribution in [-0.4, -0.2) is 63.9 Å². The van der Waals surface area contributed by atoms with E-state index in [4.69, 9.17) is 4.74 Å². The molecule has 7 nitrogen and oxygen atoms in total. The van der Waals surface area contributed by atoms with Crippen molar-refractivity contribution in [3.8, 4) is 5.88 Å². The number of aromatic amines is 1. The molecule has 0 spiro atoms. The average molecular weight is 315 g/mol. The van der Waals surface area contributed by atoms with Gasteiger partial charge in [0, 0.05) is 56.4 Å². The number of aromatic nitrogens is 3. The van der Waals surface area contributed by atoms with Crippen LogP contribution in [0.1, 0.15) is 22.6 Å². The molecule has 2 aromatic rings. The van der Waals surface area contributed by atoms with Gasteiger partial charge < -0.3 is 14.6 Å². The Kier molecular flexibility index (Phi) is 4.87. The molecule has 0 unspecified atom stereocenters. The van der Waals surface area contributed by atoms with Gasteiger partial charge in [-0.3, -0.25) is 9.69 Å². The Hall–Kier alpha value is -2.41. The number of pyridine rings is 1. The molecule has 0 radical (unpaired) electrons. The van der Waals surface area contributed by atoms with Crippen molar-refractivity contribution in [3.05, 3.63) is 42.1 Å². The Morgan fingerprint density at radius 3 is 2.96 bits per heavy atom. The fourth-order valence-corrected chi connectivity index (χ4v) is 2.77. The van der Waals surface area contributed by atoms with Gasteiger partial charge >= 0.3 is 0 Å². The highest BCUT2D eigenvalue weighted by Gasteiger charge is 2.21. The van der Waals surface area contributed by atoms with Crippen molar-refractivity contribution in [2.75, 3.05) is 33.3 Å². The lowest BCUT2D eigenvalue weighted by Crippen LogP contribution is -2.35. The maximum atomic E-state index is 12.6. The molecule has 0 bridgehead atoms. The number of methoxy groups -OCH3 is 1. The number of imidazole rings is 1. The zero-order chi connectivity index (χ0) is 16.1. The van der Waals surface area contributed by atoms with Gasteiger partial charge in [0.25, 0.3) is 5.91 Å². The van der Waals surface area contributed by atoms with Crippen molar-refractivity contribution < 1.29 is 9.53 Å². The number of hydrogen-bond acceptors (Lipinski definition) is 5. The van der Waals surface area contributed by atoms with Gasteiger partial charge in [0.2, 0.25) is 5.88 Å². The van der Waals surface area contributed by atoms with E-state index in [9.17, 15) is 4.79 Å². The molecule has 0 atom stereocenters. The first-order valence-electron chi connectivity index (χ1n) is 7.76. The lowest BCUT2D eigenvalue weighted by molar-refractivity contribution is 0.0760. The van der Waals surface area contributed by atoms with E-state index in [1.807, 2.05) is 11.1 Å². The topological polar surface area (TPSA) is 74.3 Å². The summed E-state index contributed by atoms with van der Waals surface area (Å²) in [5, 5.41) is 0. The van der Waals surface area contributed by atoms with Gasteiger partial charge in [-0.05, 0) is 12.5 Å². The number of carbonyl (C=O) groups excluding carboxylic acids is 1. The second kappa shape index (κ2) is 7.23. The second-order valence-corrected chi connectivity index (χ2v) is 5.54. The largest absolute Gasteiger partial charge is 0.481 e. The maximum absolute atomic E-state index is 12.6. The summed E-state index contributed by atoms with van der Waals surface area (Å²) in [6.45, 7) is 4.07. The Labute approximate surface area is 135 Å². The third-order valence-electron chi connectivity index (χ3n) is 3.99. The minimum absolute atomic E-state index is 0.0329. The fraction of sp³-hybridized carbons (Fsp3) is 0.438. The van der Waals surface area contributed by atoms with Gasteiger partial charge in [-0.1, -0.05) is 0 Å². The zero-order valence-corrected chi connectivity index (χ0v) is 13.2. The van der Waals surface area contributed by atoms with Crippen LogP contribution in [0.15, 0.2) is 30.7 Å². The Bertz CT molecular complexity index is 644. The first-order valence-corrected chi connectivity index (χ1v) is 7.76. The summed E-state index contributed by atoms with van der Waals surface area (Å²) in [6.07, 6.45) is 6.15. The number of carbonyl (C=O) groups is 1. The summed E-state index contributed by atoms with van der Waals surface area (Å²) in [4.78, 5) is 28.3. The normalized spacial score (nSPS) is 16.1. The minimum Gasteiger partial charge on any atom is -0.481 e. The van der Waals surface area contributed by atoms with Gasteiger partial charge in [0.1, 0.15) is 5.82 Å². The van der Waals surface area contributed by atoms with Gasteiger partial charge in [-0.25, -0.2) is 9.97 Å². The van der Waals surface area contributed by atoms with Crippen LogP contribution in [-0.2, 0) is 6.54 Å². The number of H-pyrrole nitrogens is 1. The molecular weight excluding hydrogens is 294 g/mol. The third kappa shape index (κ3) is 3.87. The summed E-state index contributed by atoms with van der Waals surface area (Å²) >= 11 is 0. The van der Waals surface area contributed by atoms with Crippen molar-refractivity contribution in [3.63, 3.8) is 0 Å². The molecule has 1 aliphatic heterocycles. The lowest BCUT2D eigenvalue weighted by atomic mass is 10.2. The van der Waals surface area contributed by atoms with Crippen LogP contribution in [0.25, 0.3) is 0 Å². The quantitative estimate of drug-likeness (QED) is 0.916. The van der Waals surface area contributed by atoms with Crippen LogP contribution in [0.3, 0.4) is 0 Å². The average Bonchev–Trinajstić information content (AvgIpc) is 2.99. The summed E-state index contributed by atoms with van der Waals surface area (Å²) < 4.78 is 5.09. The summed E-state index contributed by atoms with van der Waals surface area (Å²) in [5.41, 5.74) is 0.622. The molecule has 1 N–H and O–H groups in total. The molecule has 3 heterocycles. The Balaban J connectivity index is 1.61. The second-order valence-electron chi connectivity index (χ2n) is 5.54. The number of nitrogens with one attached hydrogen (secondary N) is 1. The van der Waals surface area contributed by atoms with Gasteiger partial charge in [-0.15, -0.1) is 0 Å². The van der Waals surface area contributed by atoms with E-state index < -0.39 is 0 Å². The van der Waals surface area contributed by atoms with Gasteiger partial charge in [0.05, 0.1) is 13.7 Å². The molecular formula is C16H21N5O2. The van der Waals surface area contributed by atoms with Crippen LogP contribution < -0.4 is 4.74 Å². The molecule has 0 saturated carbocycles. The highest BCUT2D eigenvalue weighted by molar-refractivity contribution is 5.94. The van der Waals surface area contributed by atoms with Crippen molar-refractivity contribution in [1.82, 2.24) is 24.8 Å². The fourth-order valence-electron chi connectivity index (χ4n) is 2.77. The predicted octanol–water partition coefficient (Wildman–Crippen LogP) is 1.16. The number of nitrogens with zero attached hydrogens (tertiary/aromatic N) is 4. The predicted molar refractivity (Wildman–Crippen MR) is 85.2 cm³/mol. The molecule has 1 aliphatic rings. The third-order valence-corrected chi connectivity index (χ3v) is 3.99. The number of rotatable bonds is 4. The summed E-state index contributed by atoms with van der Waals surface area (Å²) in [7, 11) is 1.55. The van der Waals surface area contributed by atoms with Crippen LogP contribution in [0.5, 0.6) is 5.88 Å². The van der Waals surface area contributed by atoms with E-state index >= 15 is 0 Å². The monoisotopic (exact) mass is 315 g/mol. The molecule has 1 fully saturated rings. The van der Waals surface area contributed by atoms with Crippen molar-refractivity contribution in [2.24, 2.45) is 0 Å². The van der Waals surface area contributed by atoms with E-state index in [-0.39, 0.29) is 5.91 Å². The molecule has 7 heteroatoms. The van der Waals surface area contributed by atoms with Crippen LogP contribution in [0.4, 0.5) is 0 Å². The molecule has 0 aromatic carbocycles. The van der Waals surface area contributed by atoms with Crippen LogP contribution in [0.2, 0.25) is 0 Å². The number of ether oxygens (including phenoxy) is 1. The molecule has 0 aliphatic carbocycles. The summed E-state index contributed by atoms with van der Waals surface area (Å²) in [5.74, 6) is 1.46. The van der Waals surface area contributed by atoms with E-state index in [2.05, 4.69) is 19.9 Å². The SMILES string of the molecule is COc1cc(C(=O)N2CCCN(Cc3ncc[nH]3)CC2)ccn1. The standard InChI is InChI=1S/C16H21N5O2/c1-23-15-11-13(3-4-19-15)16(22)21-8-2-7-20(9-10-21)12-14-17-5-6-18-14/h3-6,11H,2,7-10,12H2,1H3,(H,17,18). The molecule has 23 heavy (non-hydrogen) atoms. The lowest BCUT2D eigenvalue weighted by Gasteiger charge is -2.21. The highest BCUT2D eigenvalue weighted by atomic mass is 16.5. The summed E-state index contributed by atoms with van der Waals surface area (Å²) in [6, 6.07) is 3.42. The minimum atomic E-state index is 0.0329. The van der Waals surface area contributed by atoms with Crippen molar-refractivity contribution in [2.45, 2.75) is 13.0 Å². The maximum Gasteiger partial charge on any atom is 0.254 e. The van der Waals surface area contributed by atoms with Gasteiger partial charge in [-0.2, -0.15) is 0 Å². The molecule has 1 saturated heterocycles. The molecule has 122 valence electrons. The Morgan fingerprint density at radius 2 is 2.17 bits per heavy atom. The van der Waals surface area contributed by atoms with E-state index in [1.165, 1.54) is 0 Å². The van der Waals surface area contributed by atoms with E-state index in [0.29, 0.717) is 18.0 Å². The molecule has 3 rings (SSSR count).